The molecule has 0 saturated carbocycles. The first-order valence-electron chi connectivity index (χ1n) is 7.18. The van der Waals surface area contributed by atoms with Gasteiger partial charge in [0.05, 0.1) is 17.6 Å². The predicted molar refractivity (Wildman–Crippen MR) is 77.2 cm³/mol. The van der Waals surface area contributed by atoms with Crippen LogP contribution >= 0.6 is 0 Å². The number of rotatable bonds is 2. The van der Waals surface area contributed by atoms with Gasteiger partial charge in [-0.05, 0) is 31.9 Å². The second kappa shape index (κ2) is 4.87. The number of hydrogen-bond acceptors (Lipinski definition) is 6. The molecule has 1 fully saturated rings. The van der Waals surface area contributed by atoms with Crippen LogP contribution in [0.3, 0.4) is 0 Å². The number of anilines is 1. The van der Waals surface area contributed by atoms with Crippen molar-refractivity contribution in [1.29, 1.82) is 0 Å². The van der Waals surface area contributed by atoms with Crippen LogP contribution in [0, 0.1) is 6.92 Å². The number of piperidine rings is 1. The van der Waals surface area contributed by atoms with Gasteiger partial charge < -0.3 is 13.8 Å². The zero-order valence-corrected chi connectivity index (χ0v) is 11.8. The van der Waals surface area contributed by atoms with Crippen LogP contribution in [0.15, 0.2) is 33.5 Å². The third-order valence-electron chi connectivity index (χ3n) is 3.97. The minimum Gasteiger partial charge on any atom is -0.464 e. The average Bonchev–Trinajstić information content (AvgIpc) is 3.15. The first-order chi connectivity index (χ1) is 10.3. The molecule has 6 heteroatoms. The minimum atomic E-state index is 0.268. The van der Waals surface area contributed by atoms with E-state index in [2.05, 4.69) is 20.0 Å². The van der Waals surface area contributed by atoms with E-state index in [4.69, 9.17) is 8.94 Å². The van der Waals surface area contributed by atoms with Crippen molar-refractivity contribution in [3.63, 3.8) is 0 Å². The van der Waals surface area contributed by atoms with Crippen LogP contribution < -0.4 is 4.90 Å². The SMILES string of the molecule is Cc1noc([C@@H]2CCCN(c3nccc4occc34)C2)n1. The molecule has 1 saturated heterocycles. The average molecular weight is 284 g/mol. The molecule has 0 aliphatic carbocycles. The molecule has 0 bridgehead atoms. The quantitative estimate of drug-likeness (QED) is 0.720. The molecule has 0 radical (unpaired) electrons. The standard InChI is InChI=1S/C15H16N4O2/c1-10-17-15(21-18-10)11-3-2-7-19(9-11)14-12-5-8-20-13(12)4-6-16-14/h4-6,8,11H,2-3,7,9H2,1H3/t11-/m1/s1. The first-order valence-corrected chi connectivity index (χ1v) is 7.18. The van der Waals surface area contributed by atoms with Crippen molar-refractivity contribution in [3.05, 3.63) is 36.3 Å². The predicted octanol–water partition coefficient (Wildman–Crippen LogP) is 2.90. The van der Waals surface area contributed by atoms with Gasteiger partial charge in [0.1, 0.15) is 11.4 Å². The highest BCUT2D eigenvalue weighted by Crippen LogP contribution is 2.32. The Kier molecular flexibility index (Phi) is 2.87. The topological polar surface area (TPSA) is 68.2 Å². The maximum Gasteiger partial charge on any atom is 0.231 e. The third-order valence-corrected chi connectivity index (χ3v) is 3.97. The molecule has 0 amide bonds. The maximum absolute atomic E-state index is 5.46. The van der Waals surface area contributed by atoms with Gasteiger partial charge >= 0.3 is 0 Å². The van der Waals surface area contributed by atoms with E-state index in [-0.39, 0.29) is 5.92 Å². The zero-order chi connectivity index (χ0) is 14.2. The number of nitrogens with zero attached hydrogens (tertiary/aromatic N) is 4. The highest BCUT2D eigenvalue weighted by molar-refractivity contribution is 5.88. The van der Waals surface area contributed by atoms with Crippen molar-refractivity contribution < 1.29 is 8.94 Å². The van der Waals surface area contributed by atoms with E-state index in [9.17, 15) is 0 Å². The monoisotopic (exact) mass is 284 g/mol. The molecular formula is C15H16N4O2. The molecule has 4 rings (SSSR count). The molecule has 3 aromatic heterocycles. The minimum absolute atomic E-state index is 0.268. The van der Waals surface area contributed by atoms with Crippen molar-refractivity contribution in [2.45, 2.75) is 25.7 Å². The molecule has 1 aliphatic rings. The Labute approximate surface area is 121 Å². The normalized spacial score (nSPS) is 19.3. The Morgan fingerprint density at radius 1 is 1.33 bits per heavy atom. The summed E-state index contributed by atoms with van der Waals surface area (Å²) in [6.07, 6.45) is 5.65. The van der Waals surface area contributed by atoms with Crippen LogP contribution in [-0.4, -0.2) is 28.2 Å². The van der Waals surface area contributed by atoms with E-state index in [0.717, 1.165) is 48.6 Å². The number of pyridine rings is 1. The smallest absolute Gasteiger partial charge is 0.231 e. The van der Waals surface area contributed by atoms with E-state index in [1.807, 2.05) is 19.1 Å². The molecule has 0 unspecified atom stereocenters. The molecule has 0 spiro atoms. The summed E-state index contributed by atoms with van der Waals surface area (Å²) in [5.41, 5.74) is 0.871. The molecule has 108 valence electrons. The Morgan fingerprint density at radius 3 is 3.14 bits per heavy atom. The van der Waals surface area contributed by atoms with Gasteiger partial charge in [-0.25, -0.2) is 4.98 Å². The number of aromatic nitrogens is 3. The van der Waals surface area contributed by atoms with Gasteiger partial charge in [-0.15, -0.1) is 0 Å². The highest BCUT2D eigenvalue weighted by Gasteiger charge is 2.27. The summed E-state index contributed by atoms with van der Waals surface area (Å²) in [7, 11) is 0. The highest BCUT2D eigenvalue weighted by atomic mass is 16.5. The summed E-state index contributed by atoms with van der Waals surface area (Å²) in [5.74, 6) is 2.67. The lowest BCUT2D eigenvalue weighted by Crippen LogP contribution is -2.35. The molecular weight excluding hydrogens is 268 g/mol. The van der Waals surface area contributed by atoms with Crippen molar-refractivity contribution in [1.82, 2.24) is 15.1 Å². The van der Waals surface area contributed by atoms with Gasteiger partial charge in [0.25, 0.3) is 0 Å². The molecule has 6 nitrogen and oxygen atoms in total. The van der Waals surface area contributed by atoms with Gasteiger partial charge in [-0.1, -0.05) is 5.16 Å². The van der Waals surface area contributed by atoms with Gasteiger partial charge in [0.2, 0.25) is 5.89 Å². The lowest BCUT2D eigenvalue weighted by Gasteiger charge is -2.32. The largest absolute Gasteiger partial charge is 0.464 e. The Balaban J connectivity index is 1.65. The summed E-state index contributed by atoms with van der Waals surface area (Å²) in [6, 6.07) is 3.86. The molecule has 0 aromatic carbocycles. The van der Waals surface area contributed by atoms with Crippen LogP contribution in [0.25, 0.3) is 11.0 Å². The summed E-state index contributed by atoms with van der Waals surface area (Å²) < 4.78 is 10.8. The summed E-state index contributed by atoms with van der Waals surface area (Å²) in [4.78, 5) is 11.2. The fraction of sp³-hybridized carbons (Fsp3) is 0.400. The molecule has 0 N–H and O–H groups in total. The second-order valence-corrected chi connectivity index (χ2v) is 5.43. The number of hydrogen-bond donors (Lipinski definition) is 0. The van der Waals surface area contributed by atoms with E-state index in [1.165, 1.54) is 0 Å². The fourth-order valence-electron chi connectivity index (χ4n) is 2.98. The number of fused-ring (bicyclic) bond motifs is 1. The summed E-state index contributed by atoms with van der Waals surface area (Å²) >= 11 is 0. The summed E-state index contributed by atoms with van der Waals surface area (Å²) in [6.45, 7) is 3.68. The van der Waals surface area contributed by atoms with Crippen LogP contribution in [0.1, 0.15) is 30.5 Å². The number of aryl methyl sites for hydroxylation is 1. The van der Waals surface area contributed by atoms with Crippen LogP contribution in [0.2, 0.25) is 0 Å². The third kappa shape index (κ3) is 2.16. The van der Waals surface area contributed by atoms with Gasteiger partial charge in [0, 0.05) is 19.3 Å². The Morgan fingerprint density at radius 2 is 2.29 bits per heavy atom. The van der Waals surface area contributed by atoms with Crippen LogP contribution in [-0.2, 0) is 0 Å². The van der Waals surface area contributed by atoms with E-state index in [1.54, 1.807) is 12.5 Å². The number of furan rings is 1. The first kappa shape index (κ1) is 12.4. The summed E-state index contributed by atoms with van der Waals surface area (Å²) in [5, 5.41) is 4.95. The van der Waals surface area contributed by atoms with E-state index >= 15 is 0 Å². The molecule has 4 heterocycles. The van der Waals surface area contributed by atoms with Gasteiger partial charge in [-0.2, -0.15) is 4.98 Å². The van der Waals surface area contributed by atoms with Crippen molar-refractivity contribution >= 4 is 16.8 Å². The van der Waals surface area contributed by atoms with Crippen molar-refractivity contribution in [2.75, 3.05) is 18.0 Å². The Hall–Kier alpha value is -2.37. The zero-order valence-electron chi connectivity index (χ0n) is 11.8. The van der Waals surface area contributed by atoms with Gasteiger partial charge in [-0.3, -0.25) is 0 Å². The Bertz CT molecular complexity index is 764. The van der Waals surface area contributed by atoms with Crippen LogP contribution in [0.4, 0.5) is 5.82 Å². The lowest BCUT2D eigenvalue weighted by molar-refractivity contribution is 0.331. The lowest BCUT2D eigenvalue weighted by atomic mass is 9.98. The molecule has 3 aromatic rings. The molecule has 1 aliphatic heterocycles. The second-order valence-electron chi connectivity index (χ2n) is 5.43. The molecule has 21 heavy (non-hydrogen) atoms. The van der Waals surface area contributed by atoms with Gasteiger partial charge in [0.15, 0.2) is 5.82 Å². The van der Waals surface area contributed by atoms with E-state index < -0.39 is 0 Å². The van der Waals surface area contributed by atoms with Crippen molar-refractivity contribution in [2.24, 2.45) is 0 Å². The van der Waals surface area contributed by atoms with Crippen molar-refractivity contribution in [3.8, 4) is 0 Å². The van der Waals surface area contributed by atoms with E-state index in [0.29, 0.717) is 5.82 Å². The van der Waals surface area contributed by atoms with Crippen LogP contribution in [0.5, 0.6) is 0 Å². The fourth-order valence-corrected chi connectivity index (χ4v) is 2.98. The molecule has 1 atom stereocenters. The maximum atomic E-state index is 5.46.